The molecule has 1 amide bonds. The molecule has 2 saturated heterocycles. The monoisotopic (exact) mass is 497 g/mol. The number of carbonyl (C=O) groups excluding carboxylic acids is 2. The van der Waals surface area contributed by atoms with Gasteiger partial charge in [0, 0.05) is 30.0 Å². The first kappa shape index (κ1) is 23.6. The summed E-state index contributed by atoms with van der Waals surface area (Å²) in [7, 11) is 3.15. The summed E-state index contributed by atoms with van der Waals surface area (Å²) in [5.74, 6) is 1.14. The van der Waals surface area contributed by atoms with E-state index in [9.17, 15) is 9.59 Å². The van der Waals surface area contributed by atoms with Gasteiger partial charge in [-0.1, -0.05) is 48.5 Å². The first-order valence-corrected chi connectivity index (χ1v) is 13.0. The van der Waals surface area contributed by atoms with Crippen LogP contribution >= 0.6 is 0 Å². The van der Waals surface area contributed by atoms with Gasteiger partial charge in [0.15, 0.2) is 5.78 Å². The van der Waals surface area contributed by atoms with Gasteiger partial charge in [0.05, 0.1) is 19.8 Å². The van der Waals surface area contributed by atoms with Crippen molar-refractivity contribution in [2.75, 3.05) is 20.8 Å². The second-order valence-corrected chi connectivity index (χ2v) is 10.2. The molecule has 2 heterocycles. The standard InChI is InChI=1S/C31H31NO5/c1-35-22-13-14-27(29(17-22)36-2)30(33)19-15-20-11-12-21(16-19)32(20)31(34)37-18-28-25-9-5-3-7-23(25)24-8-4-6-10-26(24)28/h3-10,13-14,17,19-21,28H,11-12,15-16,18H2,1-2H3. The van der Waals surface area contributed by atoms with E-state index >= 15 is 0 Å². The third kappa shape index (κ3) is 4.05. The van der Waals surface area contributed by atoms with Crippen molar-refractivity contribution in [2.45, 2.75) is 43.7 Å². The van der Waals surface area contributed by atoms with E-state index in [4.69, 9.17) is 14.2 Å². The predicted octanol–water partition coefficient (Wildman–Crippen LogP) is 6.08. The van der Waals surface area contributed by atoms with Gasteiger partial charge < -0.3 is 19.1 Å². The zero-order valence-corrected chi connectivity index (χ0v) is 21.2. The maximum atomic E-state index is 13.5. The Balaban J connectivity index is 1.14. The van der Waals surface area contributed by atoms with Gasteiger partial charge in [-0.25, -0.2) is 4.79 Å². The van der Waals surface area contributed by atoms with E-state index in [-0.39, 0.29) is 35.8 Å². The second-order valence-electron chi connectivity index (χ2n) is 10.2. The maximum absolute atomic E-state index is 13.5. The zero-order valence-electron chi connectivity index (χ0n) is 21.2. The molecule has 6 nitrogen and oxygen atoms in total. The number of hydrogen-bond donors (Lipinski definition) is 0. The predicted molar refractivity (Wildman–Crippen MR) is 140 cm³/mol. The Morgan fingerprint density at radius 2 is 1.46 bits per heavy atom. The summed E-state index contributed by atoms with van der Waals surface area (Å²) < 4.78 is 16.7. The highest BCUT2D eigenvalue weighted by atomic mass is 16.6. The van der Waals surface area contributed by atoms with Gasteiger partial charge in [-0.05, 0) is 60.1 Å². The van der Waals surface area contributed by atoms with Crippen LogP contribution in [0.5, 0.6) is 11.5 Å². The fraction of sp³-hybridized carbons (Fsp3) is 0.355. The topological polar surface area (TPSA) is 65.1 Å². The third-order valence-electron chi connectivity index (χ3n) is 8.32. The van der Waals surface area contributed by atoms with Crippen molar-refractivity contribution in [1.82, 2.24) is 4.90 Å². The molecule has 37 heavy (non-hydrogen) atoms. The summed E-state index contributed by atoms with van der Waals surface area (Å²) >= 11 is 0. The number of nitrogens with zero attached hydrogens (tertiary/aromatic N) is 1. The first-order valence-electron chi connectivity index (χ1n) is 13.0. The minimum Gasteiger partial charge on any atom is -0.497 e. The van der Waals surface area contributed by atoms with Gasteiger partial charge in [0.25, 0.3) is 0 Å². The lowest BCUT2D eigenvalue weighted by atomic mass is 9.84. The van der Waals surface area contributed by atoms with Crippen LogP contribution in [-0.4, -0.2) is 49.7 Å². The molecule has 190 valence electrons. The molecule has 0 radical (unpaired) electrons. The fourth-order valence-electron chi connectivity index (χ4n) is 6.58. The van der Waals surface area contributed by atoms with E-state index in [0.29, 0.717) is 36.5 Å². The number of Topliss-reactive ketones (excluding diaryl/α,β-unsaturated/α-hetero) is 1. The number of methoxy groups -OCH3 is 2. The molecule has 2 aliphatic heterocycles. The van der Waals surface area contributed by atoms with Crippen molar-refractivity contribution in [3.63, 3.8) is 0 Å². The van der Waals surface area contributed by atoms with Crippen molar-refractivity contribution in [3.8, 4) is 22.6 Å². The molecule has 2 bridgehead atoms. The summed E-state index contributed by atoms with van der Waals surface area (Å²) in [6.45, 7) is 0.314. The highest BCUT2D eigenvalue weighted by molar-refractivity contribution is 6.00. The quantitative estimate of drug-likeness (QED) is 0.386. The van der Waals surface area contributed by atoms with Crippen LogP contribution in [0.25, 0.3) is 11.1 Å². The number of amides is 1. The van der Waals surface area contributed by atoms with Gasteiger partial charge in [-0.15, -0.1) is 0 Å². The van der Waals surface area contributed by atoms with Gasteiger partial charge in [-0.3, -0.25) is 4.79 Å². The molecule has 0 aromatic heterocycles. The Kier molecular flexibility index (Phi) is 6.11. The van der Waals surface area contributed by atoms with Crippen LogP contribution in [-0.2, 0) is 4.74 Å². The highest BCUT2D eigenvalue weighted by Gasteiger charge is 2.46. The van der Waals surface area contributed by atoms with Gasteiger partial charge >= 0.3 is 6.09 Å². The maximum Gasteiger partial charge on any atom is 0.410 e. The number of rotatable bonds is 6. The van der Waals surface area contributed by atoms with Crippen molar-refractivity contribution in [3.05, 3.63) is 83.4 Å². The van der Waals surface area contributed by atoms with Crippen LogP contribution in [0.2, 0.25) is 0 Å². The Labute approximate surface area is 217 Å². The van der Waals surface area contributed by atoms with Crippen LogP contribution in [0, 0.1) is 5.92 Å². The van der Waals surface area contributed by atoms with E-state index in [2.05, 4.69) is 36.4 Å². The van der Waals surface area contributed by atoms with Crippen molar-refractivity contribution < 1.29 is 23.8 Å². The normalized spacial score (nSPS) is 21.8. The summed E-state index contributed by atoms with van der Waals surface area (Å²) in [6.07, 6.45) is 2.84. The van der Waals surface area contributed by atoms with E-state index in [0.717, 1.165) is 12.8 Å². The molecule has 6 rings (SSSR count). The number of ketones is 1. The molecule has 1 aliphatic carbocycles. The molecule has 6 heteroatoms. The van der Waals surface area contributed by atoms with Crippen LogP contribution in [0.3, 0.4) is 0 Å². The summed E-state index contributed by atoms with van der Waals surface area (Å²) in [4.78, 5) is 28.7. The lowest BCUT2D eigenvalue weighted by molar-refractivity contribution is 0.0505. The minimum absolute atomic E-state index is 0.0209. The van der Waals surface area contributed by atoms with Crippen LogP contribution in [0.4, 0.5) is 4.79 Å². The summed E-state index contributed by atoms with van der Waals surface area (Å²) in [6, 6.07) is 22.1. The van der Waals surface area contributed by atoms with Crippen LogP contribution in [0.15, 0.2) is 66.7 Å². The van der Waals surface area contributed by atoms with Crippen molar-refractivity contribution in [1.29, 1.82) is 0 Å². The molecule has 2 fully saturated rings. The van der Waals surface area contributed by atoms with Crippen molar-refractivity contribution in [2.24, 2.45) is 5.92 Å². The molecule has 0 N–H and O–H groups in total. The molecule has 3 aromatic rings. The smallest absolute Gasteiger partial charge is 0.410 e. The number of ether oxygens (including phenoxy) is 3. The van der Waals surface area contributed by atoms with E-state index in [1.807, 2.05) is 17.0 Å². The van der Waals surface area contributed by atoms with Crippen molar-refractivity contribution >= 4 is 11.9 Å². The fourth-order valence-corrected chi connectivity index (χ4v) is 6.58. The highest BCUT2D eigenvalue weighted by Crippen LogP contribution is 2.45. The lowest BCUT2D eigenvalue weighted by Crippen LogP contribution is -2.48. The van der Waals surface area contributed by atoms with Gasteiger partial charge in [-0.2, -0.15) is 0 Å². The lowest BCUT2D eigenvalue weighted by Gasteiger charge is -2.38. The molecule has 0 spiro atoms. The molecule has 2 atom stereocenters. The molecule has 2 unspecified atom stereocenters. The van der Waals surface area contributed by atoms with Crippen LogP contribution in [0.1, 0.15) is 53.1 Å². The average molecular weight is 498 g/mol. The number of carbonyl (C=O) groups is 2. The molecular formula is C31H31NO5. The first-order chi connectivity index (χ1) is 18.1. The summed E-state index contributed by atoms with van der Waals surface area (Å²) in [5.41, 5.74) is 5.41. The molecule has 3 aliphatic rings. The number of piperidine rings is 1. The van der Waals surface area contributed by atoms with Gasteiger partial charge in [0.2, 0.25) is 0 Å². The minimum atomic E-state index is -0.262. The van der Waals surface area contributed by atoms with Crippen LogP contribution < -0.4 is 9.47 Å². The Bertz CT molecular complexity index is 1290. The number of hydrogen-bond acceptors (Lipinski definition) is 5. The Morgan fingerprint density at radius 1 is 0.838 bits per heavy atom. The third-order valence-corrected chi connectivity index (χ3v) is 8.32. The number of benzene rings is 3. The summed E-state index contributed by atoms with van der Waals surface area (Å²) in [5, 5.41) is 0. The van der Waals surface area contributed by atoms with E-state index < -0.39 is 0 Å². The average Bonchev–Trinajstić information content (AvgIpc) is 3.41. The molecule has 3 aromatic carbocycles. The SMILES string of the molecule is COc1ccc(C(=O)C2CC3CCC(C2)N3C(=O)OCC2c3ccccc3-c3ccccc32)c(OC)c1. The Hall–Kier alpha value is -3.80. The molecular weight excluding hydrogens is 466 g/mol. The second kappa shape index (κ2) is 9.58. The molecule has 0 saturated carbocycles. The number of fused-ring (bicyclic) bond motifs is 5. The largest absolute Gasteiger partial charge is 0.497 e. The zero-order chi connectivity index (χ0) is 25.5. The van der Waals surface area contributed by atoms with Gasteiger partial charge in [0.1, 0.15) is 18.1 Å². The van der Waals surface area contributed by atoms with E-state index in [1.54, 1.807) is 32.4 Å². The van der Waals surface area contributed by atoms with E-state index in [1.165, 1.54) is 22.3 Å². The Morgan fingerprint density at radius 3 is 2.05 bits per heavy atom.